The number of piperidine rings is 1. The van der Waals surface area contributed by atoms with Crippen LogP contribution in [0.3, 0.4) is 0 Å². The molecule has 2 fully saturated rings. The first kappa shape index (κ1) is 14.6. The largest absolute Gasteiger partial charge is 0.444 e. The summed E-state index contributed by atoms with van der Waals surface area (Å²) in [4.78, 5) is 14.0. The summed E-state index contributed by atoms with van der Waals surface area (Å²) in [5.41, 5.74) is -0.664. The van der Waals surface area contributed by atoms with E-state index in [1.54, 1.807) is 4.90 Å². The topological polar surface area (TPSA) is 70.5 Å². The van der Waals surface area contributed by atoms with E-state index in [1.165, 1.54) is 6.26 Å². The van der Waals surface area contributed by atoms with Gasteiger partial charge in [-0.3, -0.25) is 4.78 Å². The molecule has 1 aliphatic heterocycles. The van der Waals surface area contributed by atoms with Gasteiger partial charge in [-0.15, -0.1) is 0 Å². The number of rotatable bonds is 1. The molecule has 2 aliphatic rings. The molecule has 0 radical (unpaired) electrons. The maximum absolute atomic E-state index is 12.2. The van der Waals surface area contributed by atoms with E-state index in [1.807, 2.05) is 20.8 Å². The molecular weight excluding hydrogens is 264 g/mol. The normalized spacial score (nSPS) is 28.8. The fraction of sp³-hybridized carbons (Fsp3) is 0.923. The van der Waals surface area contributed by atoms with Gasteiger partial charge in [0.25, 0.3) is 0 Å². The number of ether oxygens (including phenoxy) is 1. The Kier molecular flexibility index (Phi) is 3.36. The standard InChI is InChI=1S/C13H24N2O3S/c1-12(2,3)18-11(16)15-8-5-10(19(4,14)17)9-13(15)6-7-13/h10,14H,5-9H2,1-4H3. The van der Waals surface area contributed by atoms with Gasteiger partial charge in [0, 0.05) is 33.3 Å². The number of nitrogens with one attached hydrogen (secondary N) is 1. The highest BCUT2D eigenvalue weighted by atomic mass is 32.2. The molecule has 2 rings (SSSR count). The summed E-state index contributed by atoms with van der Waals surface area (Å²) in [6, 6.07) is 0. The molecule has 0 aromatic rings. The minimum Gasteiger partial charge on any atom is -0.444 e. The quantitative estimate of drug-likeness (QED) is 0.806. The van der Waals surface area contributed by atoms with Gasteiger partial charge >= 0.3 is 6.09 Å². The molecule has 2 atom stereocenters. The Hall–Kier alpha value is -0.780. The second-order valence-electron chi connectivity index (χ2n) is 6.88. The minimum absolute atomic E-state index is 0.0892. The van der Waals surface area contributed by atoms with Crippen LogP contribution >= 0.6 is 0 Å². The van der Waals surface area contributed by atoms with Gasteiger partial charge in [-0.05, 0) is 46.5 Å². The van der Waals surface area contributed by atoms with Crippen LogP contribution in [0.15, 0.2) is 0 Å². The van der Waals surface area contributed by atoms with Crippen molar-refractivity contribution in [3.63, 3.8) is 0 Å². The molecule has 6 heteroatoms. The third kappa shape index (κ3) is 3.22. The lowest BCUT2D eigenvalue weighted by Crippen LogP contribution is -2.52. The number of hydrogen-bond acceptors (Lipinski definition) is 4. The first-order chi connectivity index (χ1) is 8.54. The van der Waals surface area contributed by atoms with Gasteiger partial charge in [0.05, 0.1) is 0 Å². The highest BCUT2D eigenvalue weighted by Crippen LogP contribution is 2.50. The van der Waals surface area contributed by atoms with E-state index in [0.29, 0.717) is 19.4 Å². The number of carbonyl (C=O) groups excluding carboxylic acids is 1. The summed E-state index contributed by atoms with van der Waals surface area (Å²) < 4.78 is 25.1. The maximum atomic E-state index is 12.2. The molecule has 1 saturated carbocycles. The third-order valence-corrected chi connectivity index (χ3v) is 5.61. The number of amides is 1. The van der Waals surface area contributed by atoms with Crippen LogP contribution in [0, 0.1) is 4.78 Å². The number of carbonyl (C=O) groups is 1. The van der Waals surface area contributed by atoms with Gasteiger partial charge < -0.3 is 9.64 Å². The van der Waals surface area contributed by atoms with Crippen molar-refractivity contribution in [1.82, 2.24) is 4.90 Å². The van der Waals surface area contributed by atoms with Crippen LogP contribution in [0.2, 0.25) is 0 Å². The van der Waals surface area contributed by atoms with Gasteiger partial charge in [-0.2, -0.15) is 0 Å². The van der Waals surface area contributed by atoms with E-state index < -0.39 is 15.3 Å². The molecule has 110 valence electrons. The Morgan fingerprint density at radius 3 is 2.42 bits per heavy atom. The molecule has 2 unspecified atom stereocenters. The van der Waals surface area contributed by atoms with Crippen LogP contribution in [0.1, 0.15) is 46.5 Å². The van der Waals surface area contributed by atoms with Crippen LogP contribution in [0.5, 0.6) is 0 Å². The number of hydrogen-bond donors (Lipinski definition) is 1. The lowest BCUT2D eigenvalue weighted by atomic mass is 10.00. The molecule has 1 amide bonds. The van der Waals surface area contributed by atoms with Crippen molar-refractivity contribution in [2.45, 2.75) is 62.8 Å². The average Bonchev–Trinajstić information content (AvgIpc) is 2.93. The monoisotopic (exact) mass is 288 g/mol. The second kappa shape index (κ2) is 4.36. The van der Waals surface area contributed by atoms with Gasteiger partial charge in [0.15, 0.2) is 0 Å². The predicted octanol–water partition coefficient (Wildman–Crippen LogP) is 2.60. The maximum Gasteiger partial charge on any atom is 0.410 e. The van der Waals surface area contributed by atoms with Gasteiger partial charge in [0.2, 0.25) is 0 Å². The Balaban J connectivity index is 2.08. The van der Waals surface area contributed by atoms with Crippen LogP contribution in [-0.4, -0.2) is 44.4 Å². The third-order valence-electron chi connectivity index (χ3n) is 3.93. The Labute approximate surface area is 115 Å². The lowest BCUT2D eigenvalue weighted by Gasteiger charge is -2.40. The van der Waals surface area contributed by atoms with Crippen molar-refractivity contribution in [3.05, 3.63) is 0 Å². The van der Waals surface area contributed by atoms with Gasteiger partial charge in [-0.1, -0.05) is 0 Å². The number of nitrogens with zero attached hydrogens (tertiary/aromatic N) is 1. The molecular formula is C13H24N2O3S. The first-order valence-corrected chi connectivity index (χ1v) is 8.80. The number of likely N-dealkylation sites (tertiary alicyclic amines) is 1. The highest BCUT2D eigenvalue weighted by molar-refractivity contribution is 7.92. The molecule has 5 nitrogen and oxygen atoms in total. The zero-order valence-corrected chi connectivity index (χ0v) is 13.0. The molecule has 1 heterocycles. The van der Waals surface area contributed by atoms with E-state index >= 15 is 0 Å². The molecule has 1 aliphatic carbocycles. The van der Waals surface area contributed by atoms with E-state index in [9.17, 15) is 9.00 Å². The van der Waals surface area contributed by atoms with Crippen molar-refractivity contribution >= 4 is 15.8 Å². The average molecular weight is 288 g/mol. The van der Waals surface area contributed by atoms with Crippen molar-refractivity contribution in [1.29, 1.82) is 4.78 Å². The second-order valence-corrected chi connectivity index (χ2v) is 9.35. The summed E-state index contributed by atoms with van der Waals surface area (Å²) in [6.45, 7) is 6.14. The summed E-state index contributed by atoms with van der Waals surface area (Å²) in [6.07, 6.45) is 4.45. The zero-order chi connectivity index (χ0) is 14.5. The van der Waals surface area contributed by atoms with Crippen molar-refractivity contribution in [2.75, 3.05) is 12.8 Å². The van der Waals surface area contributed by atoms with E-state index in [4.69, 9.17) is 9.52 Å². The summed E-state index contributed by atoms with van der Waals surface area (Å²) in [7, 11) is -2.52. The Bertz CT molecular complexity index is 475. The summed E-state index contributed by atoms with van der Waals surface area (Å²) in [5.74, 6) is 0. The van der Waals surface area contributed by atoms with E-state index in [2.05, 4.69) is 0 Å². The SMILES string of the molecule is CC(C)(C)OC(=O)N1CCC(S(C)(=N)=O)CC12CC2. The fourth-order valence-corrected chi connectivity index (χ4v) is 3.93. The molecule has 0 bridgehead atoms. The minimum atomic E-state index is -2.52. The first-order valence-electron chi connectivity index (χ1n) is 6.77. The predicted molar refractivity (Wildman–Crippen MR) is 74.7 cm³/mol. The lowest BCUT2D eigenvalue weighted by molar-refractivity contribution is 0.00626. The smallest absolute Gasteiger partial charge is 0.410 e. The van der Waals surface area contributed by atoms with Crippen LogP contribution < -0.4 is 0 Å². The van der Waals surface area contributed by atoms with E-state index in [0.717, 1.165) is 12.8 Å². The van der Waals surface area contributed by atoms with Gasteiger partial charge in [0.1, 0.15) is 5.60 Å². The zero-order valence-electron chi connectivity index (χ0n) is 12.2. The summed E-state index contributed by atoms with van der Waals surface area (Å²) >= 11 is 0. The molecule has 1 N–H and O–H groups in total. The van der Waals surface area contributed by atoms with Crippen molar-refractivity contribution in [3.8, 4) is 0 Å². The highest BCUT2D eigenvalue weighted by Gasteiger charge is 2.55. The molecule has 1 spiro atoms. The van der Waals surface area contributed by atoms with E-state index in [-0.39, 0.29) is 16.9 Å². The van der Waals surface area contributed by atoms with Crippen LogP contribution in [0.4, 0.5) is 4.79 Å². The van der Waals surface area contributed by atoms with Crippen molar-refractivity contribution in [2.24, 2.45) is 0 Å². The van der Waals surface area contributed by atoms with Gasteiger partial charge in [-0.25, -0.2) is 9.00 Å². The molecule has 19 heavy (non-hydrogen) atoms. The fourth-order valence-electron chi connectivity index (χ4n) is 2.75. The molecule has 0 aromatic heterocycles. The summed E-state index contributed by atoms with van der Waals surface area (Å²) in [5, 5.41) is -0.0892. The Morgan fingerprint density at radius 1 is 1.42 bits per heavy atom. The molecule has 0 aromatic carbocycles. The molecule has 1 saturated heterocycles. The Morgan fingerprint density at radius 2 is 2.00 bits per heavy atom. The van der Waals surface area contributed by atoms with Crippen LogP contribution in [0.25, 0.3) is 0 Å². The van der Waals surface area contributed by atoms with Crippen molar-refractivity contribution < 1.29 is 13.7 Å². The van der Waals surface area contributed by atoms with Crippen LogP contribution in [-0.2, 0) is 14.5 Å².